The lowest BCUT2D eigenvalue weighted by molar-refractivity contribution is 0.537. The lowest BCUT2D eigenvalue weighted by Crippen LogP contribution is -2.17. The van der Waals surface area contributed by atoms with E-state index in [0.29, 0.717) is 16.0 Å². The third-order valence-corrected chi connectivity index (χ3v) is 2.47. The molecule has 0 saturated heterocycles. The molecule has 2 N–H and O–H groups in total. The SMILES string of the molecule is O=c1[nH][nH]c(=S)n1Cc1coc(Br)c1. The molecule has 5 nitrogen and oxygen atoms in total. The Bertz CT molecular complexity index is 522. The van der Waals surface area contributed by atoms with Crippen molar-refractivity contribution in [3.8, 4) is 0 Å². The third kappa shape index (κ3) is 1.73. The number of hydrogen-bond acceptors (Lipinski definition) is 3. The van der Waals surface area contributed by atoms with Crippen molar-refractivity contribution >= 4 is 28.1 Å². The fourth-order valence-corrected chi connectivity index (χ4v) is 1.67. The van der Waals surface area contributed by atoms with Gasteiger partial charge in [0, 0.05) is 5.56 Å². The molecule has 74 valence electrons. The Morgan fingerprint density at radius 2 is 2.36 bits per heavy atom. The van der Waals surface area contributed by atoms with E-state index >= 15 is 0 Å². The topological polar surface area (TPSA) is 66.7 Å². The van der Waals surface area contributed by atoms with Crippen molar-refractivity contribution in [2.45, 2.75) is 6.54 Å². The normalized spacial score (nSPS) is 10.6. The first-order valence-electron chi connectivity index (χ1n) is 3.77. The number of hydrogen-bond donors (Lipinski definition) is 2. The summed E-state index contributed by atoms with van der Waals surface area (Å²) in [7, 11) is 0. The van der Waals surface area contributed by atoms with E-state index in [9.17, 15) is 4.79 Å². The number of halogens is 1. The summed E-state index contributed by atoms with van der Waals surface area (Å²) in [6.45, 7) is 0.396. The first-order chi connectivity index (χ1) is 6.66. The number of rotatable bonds is 2. The third-order valence-electron chi connectivity index (χ3n) is 1.73. The molecule has 0 aliphatic carbocycles. The Kier molecular flexibility index (Phi) is 2.42. The molecule has 7 heteroatoms. The first-order valence-corrected chi connectivity index (χ1v) is 4.97. The summed E-state index contributed by atoms with van der Waals surface area (Å²) in [6.07, 6.45) is 1.57. The van der Waals surface area contributed by atoms with E-state index < -0.39 is 0 Å². The molecule has 2 aromatic rings. The number of aromatic nitrogens is 3. The van der Waals surface area contributed by atoms with E-state index in [4.69, 9.17) is 16.6 Å². The zero-order chi connectivity index (χ0) is 10.1. The largest absolute Gasteiger partial charge is 0.457 e. The predicted octanol–water partition coefficient (Wildman–Crippen LogP) is 1.64. The van der Waals surface area contributed by atoms with Crippen LogP contribution in [0.2, 0.25) is 0 Å². The average molecular weight is 276 g/mol. The van der Waals surface area contributed by atoms with E-state index in [0.717, 1.165) is 5.56 Å². The standard InChI is InChI=1S/C7H6BrN3O2S/c8-5-1-4(3-13-5)2-11-6(12)9-10-7(11)14/h1,3H,2H2,(H,9,12)(H,10,14). The Morgan fingerprint density at radius 1 is 1.57 bits per heavy atom. The summed E-state index contributed by atoms with van der Waals surface area (Å²) in [4.78, 5) is 11.2. The molecule has 0 unspecified atom stereocenters. The van der Waals surface area contributed by atoms with Gasteiger partial charge in [-0.15, -0.1) is 0 Å². The maximum absolute atomic E-state index is 11.2. The summed E-state index contributed by atoms with van der Waals surface area (Å²) < 4.78 is 7.45. The second kappa shape index (κ2) is 3.58. The van der Waals surface area contributed by atoms with E-state index in [2.05, 4.69) is 26.1 Å². The molecule has 0 bridgehead atoms. The van der Waals surface area contributed by atoms with Gasteiger partial charge in [0.15, 0.2) is 9.44 Å². The van der Waals surface area contributed by atoms with Gasteiger partial charge in [0.25, 0.3) is 0 Å². The number of furan rings is 1. The number of aromatic amines is 2. The summed E-state index contributed by atoms with van der Waals surface area (Å²) >= 11 is 8.09. The Morgan fingerprint density at radius 3 is 2.86 bits per heavy atom. The number of nitrogens with one attached hydrogen (secondary N) is 2. The second-order valence-electron chi connectivity index (χ2n) is 2.71. The van der Waals surface area contributed by atoms with Crippen LogP contribution >= 0.6 is 28.1 Å². The Balaban J connectivity index is 2.36. The van der Waals surface area contributed by atoms with Crippen LogP contribution in [0, 0.1) is 4.77 Å². The summed E-state index contributed by atoms with van der Waals surface area (Å²) in [5, 5.41) is 4.96. The molecular weight excluding hydrogens is 270 g/mol. The van der Waals surface area contributed by atoms with Crippen LogP contribution in [0.15, 0.2) is 26.2 Å². The summed E-state index contributed by atoms with van der Waals surface area (Å²) in [5.74, 6) is 0. The lowest BCUT2D eigenvalue weighted by Gasteiger charge is -1.94. The zero-order valence-corrected chi connectivity index (χ0v) is 9.31. The van der Waals surface area contributed by atoms with Gasteiger partial charge in [0.2, 0.25) is 0 Å². The molecule has 2 heterocycles. The van der Waals surface area contributed by atoms with Gasteiger partial charge in [0.05, 0.1) is 12.8 Å². The van der Waals surface area contributed by atoms with E-state index in [1.54, 1.807) is 12.3 Å². The van der Waals surface area contributed by atoms with Crippen LogP contribution in [0.4, 0.5) is 0 Å². The van der Waals surface area contributed by atoms with Crippen LogP contribution in [0.1, 0.15) is 5.56 Å². The van der Waals surface area contributed by atoms with Crippen molar-refractivity contribution in [3.63, 3.8) is 0 Å². The van der Waals surface area contributed by atoms with Crippen molar-refractivity contribution in [1.29, 1.82) is 0 Å². The van der Waals surface area contributed by atoms with Gasteiger partial charge >= 0.3 is 5.69 Å². The highest BCUT2D eigenvalue weighted by Gasteiger charge is 2.03. The van der Waals surface area contributed by atoms with E-state index in [1.165, 1.54) is 4.57 Å². The summed E-state index contributed by atoms with van der Waals surface area (Å²) in [5.41, 5.74) is 0.616. The minimum Gasteiger partial charge on any atom is -0.457 e. The van der Waals surface area contributed by atoms with Crippen LogP contribution in [-0.2, 0) is 6.54 Å². The molecule has 14 heavy (non-hydrogen) atoms. The predicted molar refractivity (Wildman–Crippen MR) is 55.7 cm³/mol. The van der Waals surface area contributed by atoms with Crippen LogP contribution in [-0.4, -0.2) is 14.8 Å². The van der Waals surface area contributed by atoms with Gasteiger partial charge in [-0.25, -0.2) is 9.89 Å². The van der Waals surface area contributed by atoms with Gasteiger partial charge in [0.1, 0.15) is 0 Å². The monoisotopic (exact) mass is 275 g/mol. The van der Waals surface area contributed by atoms with Crippen molar-refractivity contribution in [3.05, 3.63) is 37.8 Å². The molecule has 0 amide bonds. The molecule has 0 spiro atoms. The van der Waals surface area contributed by atoms with Crippen molar-refractivity contribution in [2.75, 3.05) is 0 Å². The van der Waals surface area contributed by atoms with Crippen LogP contribution in [0.5, 0.6) is 0 Å². The molecule has 0 saturated carbocycles. The summed E-state index contributed by atoms with van der Waals surface area (Å²) in [6, 6.07) is 1.79. The molecule has 0 aliphatic rings. The van der Waals surface area contributed by atoms with Crippen LogP contribution in [0.3, 0.4) is 0 Å². The van der Waals surface area contributed by atoms with E-state index in [1.807, 2.05) is 0 Å². The second-order valence-corrected chi connectivity index (χ2v) is 3.87. The van der Waals surface area contributed by atoms with Gasteiger partial charge in [-0.3, -0.25) is 9.67 Å². The van der Waals surface area contributed by atoms with E-state index in [-0.39, 0.29) is 5.69 Å². The smallest absolute Gasteiger partial charge is 0.342 e. The number of H-pyrrole nitrogens is 2. The van der Waals surface area contributed by atoms with Gasteiger partial charge in [-0.1, -0.05) is 0 Å². The molecule has 0 aromatic carbocycles. The average Bonchev–Trinajstić information content (AvgIpc) is 2.67. The first kappa shape index (κ1) is 9.47. The highest BCUT2D eigenvalue weighted by Crippen LogP contribution is 2.14. The van der Waals surface area contributed by atoms with Crippen molar-refractivity contribution in [2.24, 2.45) is 0 Å². The maximum Gasteiger partial charge on any atom is 0.342 e. The molecule has 0 fully saturated rings. The maximum atomic E-state index is 11.2. The van der Waals surface area contributed by atoms with Crippen LogP contribution in [0.25, 0.3) is 0 Å². The molecule has 0 radical (unpaired) electrons. The molecule has 0 atom stereocenters. The van der Waals surface area contributed by atoms with Gasteiger partial charge < -0.3 is 4.42 Å². The fraction of sp³-hybridized carbons (Fsp3) is 0.143. The molecule has 2 aromatic heterocycles. The van der Waals surface area contributed by atoms with Gasteiger partial charge in [-0.2, -0.15) is 0 Å². The minimum absolute atomic E-state index is 0.257. The molecule has 0 aliphatic heterocycles. The lowest BCUT2D eigenvalue weighted by atomic mass is 10.3. The quantitative estimate of drug-likeness (QED) is 0.819. The fourth-order valence-electron chi connectivity index (χ4n) is 1.09. The Hall–Kier alpha value is -1.08. The molecule has 2 rings (SSSR count). The van der Waals surface area contributed by atoms with Crippen LogP contribution < -0.4 is 5.69 Å². The highest BCUT2D eigenvalue weighted by atomic mass is 79.9. The highest BCUT2D eigenvalue weighted by molar-refractivity contribution is 9.10. The minimum atomic E-state index is -0.257. The zero-order valence-electron chi connectivity index (χ0n) is 6.91. The van der Waals surface area contributed by atoms with Crippen molar-refractivity contribution in [1.82, 2.24) is 14.8 Å². The van der Waals surface area contributed by atoms with Gasteiger partial charge in [-0.05, 0) is 34.2 Å². The Labute approximate surface area is 91.9 Å². The number of nitrogens with zero attached hydrogens (tertiary/aromatic N) is 1. The van der Waals surface area contributed by atoms with Crippen molar-refractivity contribution < 1.29 is 4.42 Å². The molecular formula is C7H6BrN3O2S.